The van der Waals surface area contributed by atoms with Crippen LogP contribution in [0.3, 0.4) is 0 Å². The summed E-state index contributed by atoms with van der Waals surface area (Å²) in [7, 11) is 0. The molecule has 1 fully saturated rings. The van der Waals surface area contributed by atoms with Crippen LogP contribution in [0.2, 0.25) is 0 Å². The van der Waals surface area contributed by atoms with Gasteiger partial charge in [0, 0.05) is 13.0 Å². The lowest BCUT2D eigenvalue weighted by Gasteiger charge is -2.25. The molecule has 148 valence electrons. The second kappa shape index (κ2) is 8.43. The molecule has 3 heterocycles. The van der Waals surface area contributed by atoms with Crippen molar-refractivity contribution in [1.82, 2.24) is 4.98 Å². The fourth-order valence-electron chi connectivity index (χ4n) is 3.69. The van der Waals surface area contributed by atoms with Gasteiger partial charge in [-0.2, -0.15) is 0 Å². The van der Waals surface area contributed by atoms with Crippen LogP contribution in [0.5, 0.6) is 0 Å². The molecule has 28 heavy (non-hydrogen) atoms. The minimum absolute atomic E-state index is 0.129. The smallest absolute Gasteiger partial charge is 0.295 e. The van der Waals surface area contributed by atoms with E-state index in [1.54, 1.807) is 28.4 Å². The first-order valence-corrected chi connectivity index (χ1v) is 10.6. The third kappa shape index (κ3) is 4.11. The van der Waals surface area contributed by atoms with E-state index in [1.165, 1.54) is 16.7 Å². The van der Waals surface area contributed by atoms with E-state index >= 15 is 0 Å². The summed E-state index contributed by atoms with van der Waals surface area (Å²) in [6, 6.07) is 7.73. The van der Waals surface area contributed by atoms with E-state index in [1.807, 2.05) is 0 Å². The summed E-state index contributed by atoms with van der Waals surface area (Å²) >= 11 is 1.57. The standard InChI is InChI=1S/C21H25N3O3S/c1-15-13-16(2)19-18(14-15)28-21(22-19)24(20(25)17-5-3-10-27-17)7-4-6-23-8-11-26-12-9-23/h3,5,10,13-14H,4,6-9,11-12H2,1-2H3/p+1. The number of thiazole rings is 1. The molecule has 2 aromatic heterocycles. The van der Waals surface area contributed by atoms with E-state index in [0.717, 1.165) is 60.2 Å². The molecule has 1 saturated heterocycles. The largest absolute Gasteiger partial charge is 0.459 e. The first-order chi connectivity index (χ1) is 13.6. The molecule has 0 radical (unpaired) electrons. The lowest BCUT2D eigenvalue weighted by atomic mass is 10.1. The van der Waals surface area contributed by atoms with Crippen LogP contribution in [-0.2, 0) is 4.74 Å². The second-order valence-corrected chi connectivity index (χ2v) is 8.33. The van der Waals surface area contributed by atoms with Gasteiger partial charge in [0.2, 0.25) is 0 Å². The van der Waals surface area contributed by atoms with Gasteiger partial charge in [0.05, 0.1) is 36.2 Å². The number of nitrogens with one attached hydrogen (secondary N) is 1. The van der Waals surface area contributed by atoms with Crippen molar-refractivity contribution >= 4 is 32.6 Å². The first-order valence-electron chi connectivity index (χ1n) is 9.76. The van der Waals surface area contributed by atoms with E-state index in [9.17, 15) is 4.79 Å². The fourth-order valence-corrected chi connectivity index (χ4v) is 4.86. The number of furan rings is 1. The number of nitrogens with zero attached hydrogens (tertiary/aromatic N) is 2. The normalized spacial score (nSPS) is 15.2. The zero-order valence-corrected chi connectivity index (χ0v) is 17.2. The number of hydrogen-bond donors (Lipinski definition) is 1. The molecule has 1 aliphatic rings. The Labute approximate surface area is 168 Å². The second-order valence-electron chi connectivity index (χ2n) is 7.33. The third-order valence-electron chi connectivity index (χ3n) is 5.14. The number of quaternary nitrogens is 1. The molecule has 3 aromatic rings. The van der Waals surface area contributed by atoms with Gasteiger partial charge in [-0.05, 0) is 43.2 Å². The van der Waals surface area contributed by atoms with E-state index in [2.05, 4.69) is 26.0 Å². The first kappa shape index (κ1) is 19.1. The Balaban J connectivity index is 1.57. The van der Waals surface area contributed by atoms with E-state index < -0.39 is 0 Å². The molecular weight excluding hydrogens is 374 g/mol. The molecule has 0 unspecified atom stereocenters. The zero-order chi connectivity index (χ0) is 19.5. The van der Waals surface area contributed by atoms with Crippen molar-refractivity contribution in [1.29, 1.82) is 0 Å². The number of anilines is 1. The number of benzene rings is 1. The SMILES string of the molecule is Cc1cc(C)c2nc(N(CCC[NH+]3CCOCC3)C(=O)c3ccco3)sc2c1. The van der Waals surface area contributed by atoms with E-state index in [-0.39, 0.29) is 5.91 Å². The van der Waals surface area contributed by atoms with Crippen molar-refractivity contribution in [2.24, 2.45) is 0 Å². The van der Waals surface area contributed by atoms with Crippen LogP contribution >= 0.6 is 11.3 Å². The van der Waals surface area contributed by atoms with Crippen LogP contribution in [0, 0.1) is 13.8 Å². The van der Waals surface area contributed by atoms with Crippen LogP contribution in [0.15, 0.2) is 34.9 Å². The molecule has 7 heteroatoms. The Bertz CT molecular complexity index is 945. The molecule has 0 spiro atoms. The van der Waals surface area contributed by atoms with Crippen LogP contribution in [0.25, 0.3) is 10.2 Å². The summed E-state index contributed by atoms with van der Waals surface area (Å²) < 4.78 is 11.9. The van der Waals surface area contributed by atoms with Gasteiger partial charge in [-0.1, -0.05) is 17.4 Å². The number of amides is 1. The van der Waals surface area contributed by atoms with Crippen LogP contribution < -0.4 is 9.80 Å². The summed E-state index contributed by atoms with van der Waals surface area (Å²) in [5.74, 6) is 0.223. The van der Waals surface area contributed by atoms with Gasteiger partial charge in [-0.25, -0.2) is 4.98 Å². The van der Waals surface area contributed by atoms with Crippen LogP contribution in [0.1, 0.15) is 28.1 Å². The number of carbonyl (C=O) groups excluding carboxylic acids is 1. The summed E-state index contributed by atoms with van der Waals surface area (Å²) in [6.45, 7) is 9.51. The van der Waals surface area contributed by atoms with Gasteiger partial charge in [0.1, 0.15) is 13.1 Å². The Morgan fingerprint density at radius 3 is 2.86 bits per heavy atom. The highest BCUT2D eigenvalue weighted by Crippen LogP contribution is 2.32. The van der Waals surface area contributed by atoms with Gasteiger partial charge in [0.25, 0.3) is 5.91 Å². The van der Waals surface area contributed by atoms with Crippen LogP contribution in [-0.4, -0.2) is 50.3 Å². The Kier molecular flexibility index (Phi) is 5.75. The lowest BCUT2D eigenvalue weighted by molar-refractivity contribution is -0.908. The number of fused-ring (bicyclic) bond motifs is 1. The van der Waals surface area contributed by atoms with Crippen LogP contribution in [0.4, 0.5) is 5.13 Å². The average molecular weight is 401 g/mol. The molecule has 1 aliphatic heterocycles. The van der Waals surface area contributed by atoms with Gasteiger partial charge in [0.15, 0.2) is 10.9 Å². The fraction of sp³-hybridized carbons (Fsp3) is 0.429. The number of morpholine rings is 1. The molecule has 0 atom stereocenters. The topological polar surface area (TPSA) is 60.0 Å². The molecule has 1 N–H and O–H groups in total. The summed E-state index contributed by atoms with van der Waals surface area (Å²) in [6.07, 6.45) is 2.45. The highest BCUT2D eigenvalue weighted by Gasteiger charge is 2.24. The molecular formula is C21H26N3O3S+. The minimum atomic E-state index is -0.129. The molecule has 0 bridgehead atoms. The number of carbonyl (C=O) groups is 1. The van der Waals surface area contributed by atoms with Gasteiger partial charge in [-0.15, -0.1) is 0 Å². The summed E-state index contributed by atoms with van der Waals surface area (Å²) in [5, 5.41) is 0.738. The Morgan fingerprint density at radius 1 is 1.29 bits per heavy atom. The number of aryl methyl sites for hydroxylation is 2. The lowest BCUT2D eigenvalue weighted by Crippen LogP contribution is -3.14. The van der Waals surface area contributed by atoms with E-state index in [4.69, 9.17) is 14.1 Å². The minimum Gasteiger partial charge on any atom is -0.459 e. The zero-order valence-electron chi connectivity index (χ0n) is 16.4. The highest BCUT2D eigenvalue weighted by atomic mass is 32.1. The number of hydrogen-bond acceptors (Lipinski definition) is 5. The van der Waals surface area contributed by atoms with Crippen molar-refractivity contribution in [3.63, 3.8) is 0 Å². The van der Waals surface area contributed by atoms with Crippen molar-refractivity contribution in [2.45, 2.75) is 20.3 Å². The van der Waals surface area contributed by atoms with E-state index in [0.29, 0.717) is 12.3 Å². The third-order valence-corrected chi connectivity index (χ3v) is 6.16. The van der Waals surface area contributed by atoms with Crippen molar-refractivity contribution < 1.29 is 18.8 Å². The van der Waals surface area contributed by atoms with Crippen molar-refractivity contribution in [3.8, 4) is 0 Å². The summed E-state index contributed by atoms with van der Waals surface area (Å²) in [4.78, 5) is 21.2. The maximum atomic E-state index is 13.1. The molecule has 1 aromatic carbocycles. The molecule has 6 nitrogen and oxygen atoms in total. The molecule has 0 aliphatic carbocycles. The predicted octanol–water partition coefficient (Wildman–Crippen LogP) is 2.46. The predicted molar refractivity (Wildman–Crippen MR) is 110 cm³/mol. The Hall–Kier alpha value is -2.22. The van der Waals surface area contributed by atoms with Crippen molar-refractivity contribution in [3.05, 3.63) is 47.4 Å². The summed E-state index contributed by atoms with van der Waals surface area (Å²) in [5.41, 5.74) is 3.32. The average Bonchev–Trinajstić information content (AvgIpc) is 3.35. The van der Waals surface area contributed by atoms with Crippen molar-refractivity contribution in [2.75, 3.05) is 44.3 Å². The quantitative estimate of drug-likeness (QED) is 0.691. The number of ether oxygens (including phenoxy) is 1. The molecule has 0 saturated carbocycles. The Morgan fingerprint density at radius 2 is 2.11 bits per heavy atom. The maximum absolute atomic E-state index is 13.1. The molecule has 4 rings (SSSR count). The van der Waals surface area contributed by atoms with Gasteiger partial charge < -0.3 is 14.1 Å². The van der Waals surface area contributed by atoms with Gasteiger partial charge in [-0.3, -0.25) is 9.69 Å². The van der Waals surface area contributed by atoms with Gasteiger partial charge >= 0.3 is 0 Å². The highest BCUT2D eigenvalue weighted by molar-refractivity contribution is 7.22. The maximum Gasteiger partial charge on any atom is 0.295 e. The molecule has 1 amide bonds. The monoisotopic (exact) mass is 400 g/mol. The number of rotatable bonds is 6. The number of aromatic nitrogens is 1.